The standard InChI is InChI=1S/C11H13FO2/c1-14-11-4-2-9(3-5-11)6-10(7-12)8-13/h2-5,7,13H,6,8H2,1H3/b10-7+. The molecule has 1 N–H and O–H groups in total. The molecule has 2 nitrogen and oxygen atoms in total. The molecule has 0 unspecified atom stereocenters. The molecule has 1 aromatic carbocycles. The van der Waals surface area contributed by atoms with Crippen LogP contribution in [0.15, 0.2) is 36.2 Å². The third kappa shape index (κ3) is 2.85. The van der Waals surface area contributed by atoms with Crippen LogP contribution in [0.4, 0.5) is 4.39 Å². The molecule has 0 aliphatic carbocycles. The number of aliphatic hydroxyl groups is 1. The third-order valence-corrected chi connectivity index (χ3v) is 1.95. The fraction of sp³-hybridized carbons (Fsp3) is 0.273. The quantitative estimate of drug-likeness (QED) is 0.798. The summed E-state index contributed by atoms with van der Waals surface area (Å²) in [4.78, 5) is 0. The van der Waals surface area contributed by atoms with Gasteiger partial charge in [0.05, 0.1) is 20.0 Å². The maximum absolute atomic E-state index is 12.1. The predicted molar refractivity (Wildman–Crippen MR) is 53.0 cm³/mol. The van der Waals surface area contributed by atoms with Crippen molar-refractivity contribution in [1.29, 1.82) is 0 Å². The molecule has 0 amide bonds. The maximum Gasteiger partial charge on any atom is 0.118 e. The summed E-state index contributed by atoms with van der Waals surface area (Å²) in [5, 5.41) is 8.76. The zero-order valence-corrected chi connectivity index (χ0v) is 8.03. The van der Waals surface area contributed by atoms with Crippen molar-refractivity contribution < 1.29 is 14.2 Å². The van der Waals surface area contributed by atoms with Gasteiger partial charge in [0.1, 0.15) is 5.75 Å². The molecule has 14 heavy (non-hydrogen) atoms. The Hall–Kier alpha value is -1.35. The first-order valence-electron chi connectivity index (χ1n) is 4.32. The van der Waals surface area contributed by atoms with Gasteiger partial charge in [-0.15, -0.1) is 0 Å². The van der Waals surface area contributed by atoms with Gasteiger partial charge in [0.2, 0.25) is 0 Å². The summed E-state index contributed by atoms with van der Waals surface area (Å²) in [6.07, 6.45) is 0.876. The molecule has 0 aliphatic rings. The summed E-state index contributed by atoms with van der Waals surface area (Å²) in [7, 11) is 1.59. The van der Waals surface area contributed by atoms with Crippen LogP contribution in [0.1, 0.15) is 5.56 Å². The average molecular weight is 196 g/mol. The van der Waals surface area contributed by atoms with E-state index in [4.69, 9.17) is 9.84 Å². The van der Waals surface area contributed by atoms with Crippen LogP contribution in [-0.4, -0.2) is 18.8 Å². The van der Waals surface area contributed by atoms with Gasteiger partial charge in [0.25, 0.3) is 0 Å². The number of hydrogen-bond acceptors (Lipinski definition) is 2. The largest absolute Gasteiger partial charge is 0.497 e. The van der Waals surface area contributed by atoms with Crippen molar-refractivity contribution in [2.75, 3.05) is 13.7 Å². The molecule has 1 rings (SSSR count). The molecule has 3 heteroatoms. The van der Waals surface area contributed by atoms with Crippen molar-refractivity contribution in [3.05, 3.63) is 41.7 Å². The Kier molecular flexibility index (Phi) is 4.13. The van der Waals surface area contributed by atoms with E-state index in [1.807, 2.05) is 24.3 Å². The highest BCUT2D eigenvalue weighted by molar-refractivity contribution is 5.29. The summed E-state index contributed by atoms with van der Waals surface area (Å²) < 4.78 is 17.1. The van der Waals surface area contributed by atoms with Crippen molar-refractivity contribution in [1.82, 2.24) is 0 Å². The number of benzene rings is 1. The minimum atomic E-state index is -0.247. The zero-order chi connectivity index (χ0) is 10.4. The number of halogens is 1. The Bertz CT molecular complexity index is 304. The van der Waals surface area contributed by atoms with Crippen molar-refractivity contribution in [3.63, 3.8) is 0 Å². The molecule has 76 valence electrons. The summed E-state index contributed by atoms with van der Waals surface area (Å²) >= 11 is 0. The molecule has 0 saturated heterocycles. The molecular weight excluding hydrogens is 183 g/mol. The number of hydrogen-bond donors (Lipinski definition) is 1. The van der Waals surface area contributed by atoms with Gasteiger partial charge in [-0.05, 0) is 29.7 Å². The summed E-state index contributed by atoms with van der Waals surface area (Å²) in [6.45, 7) is -0.247. The normalized spacial score (nSPS) is 11.5. The summed E-state index contributed by atoms with van der Waals surface area (Å²) in [5.74, 6) is 0.767. The molecule has 0 radical (unpaired) electrons. The molecule has 0 spiro atoms. The minimum absolute atomic E-state index is 0.247. The molecule has 0 heterocycles. The molecule has 0 fully saturated rings. The first kappa shape index (κ1) is 10.7. The highest BCUT2D eigenvalue weighted by Gasteiger charge is 1.99. The van der Waals surface area contributed by atoms with E-state index < -0.39 is 0 Å². The Morgan fingerprint density at radius 1 is 1.43 bits per heavy atom. The van der Waals surface area contributed by atoms with Gasteiger partial charge in [0, 0.05) is 0 Å². The van der Waals surface area contributed by atoms with E-state index in [0.29, 0.717) is 18.3 Å². The molecule has 0 aromatic heterocycles. The second-order valence-electron chi connectivity index (χ2n) is 2.95. The van der Waals surface area contributed by atoms with Gasteiger partial charge in [-0.3, -0.25) is 0 Å². The smallest absolute Gasteiger partial charge is 0.118 e. The zero-order valence-electron chi connectivity index (χ0n) is 8.03. The molecule has 0 atom stereocenters. The number of rotatable bonds is 4. The van der Waals surface area contributed by atoms with Crippen molar-refractivity contribution in [2.45, 2.75) is 6.42 Å². The van der Waals surface area contributed by atoms with E-state index in [9.17, 15) is 4.39 Å². The van der Waals surface area contributed by atoms with Gasteiger partial charge in [-0.25, -0.2) is 4.39 Å². The van der Waals surface area contributed by atoms with Crippen LogP contribution >= 0.6 is 0 Å². The van der Waals surface area contributed by atoms with Crippen LogP contribution < -0.4 is 4.74 Å². The number of methoxy groups -OCH3 is 1. The monoisotopic (exact) mass is 196 g/mol. The Morgan fingerprint density at radius 3 is 2.50 bits per heavy atom. The molecular formula is C11H13FO2. The van der Waals surface area contributed by atoms with Crippen LogP contribution in [0.25, 0.3) is 0 Å². The van der Waals surface area contributed by atoms with E-state index in [-0.39, 0.29) is 6.61 Å². The summed E-state index contributed by atoms with van der Waals surface area (Å²) in [5.41, 5.74) is 1.32. The van der Waals surface area contributed by atoms with E-state index in [2.05, 4.69) is 0 Å². The summed E-state index contributed by atoms with van der Waals surface area (Å²) in [6, 6.07) is 7.31. The van der Waals surface area contributed by atoms with Gasteiger partial charge < -0.3 is 9.84 Å². The lowest BCUT2D eigenvalue weighted by Crippen LogP contribution is -1.95. The van der Waals surface area contributed by atoms with Crippen molar-refractivity contribution in [3.8, 4) is 5.75 Å². The van der Waals surface area contributed by atoms with Gasteiger partial charge in [0.15, 0.2) is 0 Å². The number of ether oxygens (including phenoxy) is 1. The number of aliphatic hydroxyl groups excluding tert-OH is 1. The molecule has 0 saturated carbocycles. The fourth-order valence-corrected chi connectivity index (χ4v) is 1.13. The second-order valence-corrected chi connectivity index (χ2v) is 2.95. The van der Waals surface area contributed by atoms with E-state index in [1.54, 1.807) is 7.11 Å². The Morgan fingerprint density at radius 2 is 2.07 bits per heavy atom. The lowest BCUT2D eigenvalue weighted by molar-refractivity contribution is 0.325. The van der Waals surface area contributed by atoms with Gasteiger partial charge in [-0.1, -0.05) is 12.1 Å². The lowest BCUT2D eigenvalue weighted by atomic mass is 10.1. The molecule has 0 bridgehead atoms. The van der Waals surface area contributed by atoms with Gasteiger partial charge in [-0.2, -0.15) is 0 Å². The third-order valence-electron chi connectivity index (χ3n) is 1.95. The van der Waals surface area contributed by atoms with Crippen molar-refractivity contribution >= 4 is 0 Å². The maximum atomic E-state index is 12.1. The Balaban J connectivity index is 2.68. The van der Waals surface area contributed by atoms with E-state index >= 15 is 0 Å². The second kappa shape index (κ2) is 5.40. The minimum Gasteiger partial charge on any atom is -0.497 e. The predicted octanol–water partition coefficient (Wildman–Crippen LogP) is 2.08. The van der Waals surface area contributed by atoms with E-state index in [1.165, 1.54) is 0 Å². The molecule has 0 aliphatic heterocycles. The highest BCUT2D eigenvalue weighted by Crippen LogP contribution is 2.14. The molecule has 1 aromatic rings. The first-order valence-corrected chi connectivity index (χ1v) is 4.32. The van der Waals surface area contributed by atoms with Crippen LogP contribution in [0, 0.1) is 0 Å². The van der Waals surface area contributed by atoms with Crippen LogP contribution in [0.2, 0.25) is 0 Å². The van der Waals surface area contributed by atoms with Crippen molar-refractivity contribution in [2.24, 2.45) is 0 Å². The van der Waals surface area contributed by atoms with E-state index in [0.717, 1.165) is 11.3 Å². The van der Waals surface area contributed by atoms with Crippen LogP contribution in [0.3, 0.4) is 0 Å². The average Bonchev–Trinajstić information content (AvgIpc) is 2.26. The Labute approximate surface area is 82.6 Å². The first-order chi connectivity index (χ1) is 6.80. The highest BCUT2D eigenvalue weighted by atomic mass is 19.1. The van der Waals surface area contributed by atoms with Crippen LogP contribution in [-0.2, 0) is 6.42 Å². The van der Waals surface area contributed by atoms with Gasteiger partial charge >= 0.3 is 0 Å². The SMILES string of the molecule is COc1ccc(C/C(=C\F)CO)cc1. The topological polar surface area (TPSA) is 29.5 Å². The fourth-order valence-electron chi connectivity index (χ4n) is 1.13. The van der Waals surface area contributed by atoms with Crippen LogP contribution in [0.5, 0.6) is 5.75 Å². The lowest BCUT2D eigenvalue weighted by Gasteiger charge is -2.04.